The van der Waals surface area contributed by atoms with Crippen LogP contribution >= 0.6 is 31.9 Å². The highest BCUT2D eigenvalue weighted by atomic mass is 79.9. The first kappa shape index (κ1) is 14.3. The van der Waals surface area contributed by atoms with E-state index < -0.39 is 16.8 Å². The molecule has 0 heterocycles. The fourth-order valence-corrected chi connectivity index (χ4v) is 1.53. The number of hydrogen-bond donors (Lipinski definition) is 1. The van der Waals surface area contributed by atoms with Crippen molar-refractivity contribution in [1.82, 2.24) is 0 Å². The zero-order valence-corrected chi connectivity index (χ0v) is 11.6. The zero-order valence-electron chi connectivity index (χ0n) is 8.40. The van der Waals surface area contributed by atoms with Crippen LogP contribution in [0.25, 0.3) is 0 Å². The molecule has 0 aliphatic heterocycles. The van der Waals surface area contributed by atoms with Gasteiger partial charge in [-0.25, -0.2) is 4.39 Å². The predicted octanol–water partition coefficient (Wildman–Crippen LogP) is 2.63. The van der Waals surface area contributed by atoms with Gasteiger partial charge in [0, 0.05) is 17.5 Å². The van der Waals surface area contributed by atoms with Crippen LogP contribution in [0.2, 0.25) is 0 Å². The molecule has 1 aromatic carbocycles. The van der Waals surface area contributed by atoms with Crippen molar-refractivity contribution in [3.8, 4) is 5.75 Å². The van der Waals surface area contributed by atoms with E-state index in [1.807, 2.05) is 0 Å². The van der Waals surface area contributed by atoms with E-state index >= 15 is 0 Å². The Morgan fingerprint density at radius 1 is 1.59 bits per heavy atom. The second kappa shape index (κ2) is 6.27. The molecule has 1 unspecified atom stereocenters. The molecule has 0 bridgehead atoms. The highest BCUT2D eigenvalue weighted by Crippen LogP contribution is 2.32. The van der Waals surface area contributed by atoms with Crippen LogP contribution in [-0.2, 0) is 0 Å². The Hall–Kier alpha value is -0.730. The second-order valence-electron chi connectivity index (χ2n) is 3.11. The first-order chi connectivity index (χ1) is 7.95. The third-order valence-electron chi connectivity index (χ3n) is 1.81. The molecule has 0 amide bonds. The van der Waals surface area contributed by atoms with Crippen LogP contribution in [0.15, 0.2) is 16.6 Å². The quantitative estimate of drug-likeness (QED) is 0.490. The molecule has 0 aromatic heterocycles. The number of nitro groups is 1. The number of nitro benzene ring substituents is 1. The molecule has 0 fully saturated rings. The standard InChI is InChI=1S/C9H8Br2FNO4/c10-3-5(14)4-17-9-2-7(12)6(11)1-8(9)13(15)16/h1-2,5,14H,3-4H2. The normalized spacial score (nSPS) is 12.2. The first-order valence-corrected chi connectivity index (χ1v) is 6.37. The number of halogens is 3. The summed E-state index contributed by atoms with van der Waals surface area (Å²) in [4.78, 5) is 10.0. The molecule has 1 aromatic rings. The van der Waals surface area contributed by atoms with E-state index in [-0.39, 0.29) is 27.8 Å². The third kappa shape index (κ3) is 3.90. The average Bonchev–Trinajstić information content (AvgIpc) is 2.29. The summed E-state index contributed by atoms with van der Waals surface area (Å²) < 4.78 is 18.2. The summed E-state index contributed by atoms with van der Waals surface area (Å²) in [7, 11) is 0. The smallest absolute Gasteiger partial charge is 0.312 e. The maximum atomic E-state index is 13.2. The average molecular weight is 373 g/mol. The number of ether oxygens (including phenoxy) is 1. The minimum absolute atomic E-state index is 0.0161. The van der Waals surface area contributed by atoms with Crippen LogP contribution in [0.5, 0.6) is 5.75 Å². The van der Waals surface area contributed by atoms with Gasteiger partial charge in [0.15, 0.2) is 5.75 Å². The molecule has 0 aliphatic rings. The summed E-state index contributed by atoms with van der Waals surface area (Å²) in [6, 6.07) is 1.92. The van der Waals surface area contributed by atoms with Crippen LogP contribution in [0, 0.1) is 15.9 Å². The minimum atomic E-state index is -0.818. The largest absolute Gasteiger partial charge is 0.484 e. The Morgan fingerprint density at radius 2 is 2.24 bits per heavy atom. The van der Waals surface area contributed by atoms with E-state index in [9.17, 15) is 19.6 Å². The van der Waals surface area contributed by atoms with Crippen molar-refractivity contribution in [2.24, 2.45) is 0 Å². The second-order valence-corrected chi connectivity index (χ2v) is 4.61. The van der Waals surface area contributed by atoms with Crippen LogP contribution in [-0.4, -0.2) is 28.1 Å². The van der Waals surface area contributed by atoms with Gasteiger partial charge in [0.1, 0.15) is 12.4 Å². The van der Waals surface area contributed by atoms with Crippen molar-refractivity contribution in [3.05, 3.63) is 32.5 Å². The molecule has 94 valence electrons. The third-order valence-corrected chi connectivity index (χ3v) is 3.16. The summed E-state index contributed by atoms with van der Waals surface area (Å²) in [5, 5.41) is 20.2. The highest BCUT2D eigenvalue weighted by molar-refractivity contribution is 9.10. The number of benzene rings is 1. The summed E-state index contributed by atoms with van der Waals surface area (Å²) in [5.74, 6) is -0.880. The minimum Gasteiger partial charge on any atom is -0.484 e. The predicted molar refractivity (Wildman–Crippen MR) is 66.1 cm³/mol. The van der Waals surface area contributed by atoms with Gasteiger partial charge in [0.05, 0.1) is 15.5 Å². The zero-order chi connectivity index (χ0) is 13.0. The van der Waals surface area contributed by atoms with Crippen molar-refractivity contribution < 1.29 is 19.2 Å². The SMILES string of the molecule is O=[N+]([O-])c1cc(Br)c(F)cc1OCC(O)CBr. The molecule has 1 N–H and O–H groups in total. The molecular weight excluding hydrogens is 365 g/mol. The van der Waals surface area contributed by atoms with E-state index in [4.69, 9.17) is 4.74 Å². The Bertz CT molecular complexity index is 430. The summed E-state index contributed by atoms with van der Waals surface area (Å²) >= 11 is 5.87. The summed E-state index contributed by atoms with van der Waals surface area (Å²) in [6.07, 6.45) is -0.818. The number of nitrogens with zero attached hydrogens (tertiary/aromatic N) is 1. The van der Waals surface area contributed by atoms with E-state index in [1.54, 1.807) is 0 Å². The number of rotatable bonds is 5. The van der Waals surface area contributed by atoms with E-state index in [0.717, 1.165) is 12.1 Å². The van der Waals surface area contributed by atoms with Gasteiger partial charge in [-0.2, -0.15) is 0 Å². The Labute approximate surface area is 113 Å². The maximum Gasteiger partial charge on any atom is 0.312 e. The molecule has 1 rings (SSSR count). The van der Waals surface area contributed by atoms with E-state index in [1.165, 1.54) is 0 Å². The number of aliphatic hydroxyl groups excluding tert-OH is 1. The van der Waals surface area contributed by atoms with Gasteiger partial charge in [0.25, 0.3) is 0 Å². The van der Waals surface area contributed by atoms with Gasteiger partial charge in [-0.05, 0) is 15.9 Å². The maximum absolute atomic E-state index is 13.2. The number of alkyl halides is 1. The molecule has 0 aliphatic carbocycles. The van der Waals surface area contributed by atoms with Gasteiger partial charge < -0.3 is 9.84 Å². The molecule has 0 radical (unpaired) electrons. The number of aliphatic hydroxyl groups is 1. The Morgan fingerprint density at radius 3 is 2.76 bits per heavy atom. The van der Waals surface area contributed by atoms with Crippen molar-refractivity contribution in [2.75, 3.05) is 11.9 Å². The van der Waals surface area contributed by atoms with Gasteiger partial charge >= 0.3 is 5.69 Å². The monoisotopic (exact) mass is 371 g/mol. The van der Waals surface area contributed by atoms with E-state index in [0.29, 0.717) is 0 Å². The molecule has 0 saturated heterocycles. The Balaban J connectivity index is 2.96. The summed E-state index contributed by atoms with van der Waals surface area (Å²) in [6.45, 7) is -0.160. The van der Waals surface area contributed by atoms with Crippen LogP contribution in [0.3, 0.4) is 0 Å². The van der Waals surface area contributed by atoms with Crippen molar-refractivity contribution in [1.29, 1.82) is 0 Å². The number of hydrogen-bond acceptors (Lipinski definition) is 4. The highest BCUT2D eigenvalue weighted by Gasteiger charge is 2.19. The van der Waals surface area contributed by atoms with Gasteiger partial charge in [-0.3, -0.25) is 10.1 Å². The van der Waals surface area contributed by atoms with Gasteiger partial charge in [-0.15, -0.1) is 0 Å². The first-order valence-electron chi connectivity index (χ1n) is 4.46. The summed E-state index contributed by atoms with van der Waals surface area (Å²) in [5.41, 5.74) is -0.361. The van der Waals surface area contributed by atoms with Crippen molar-refractivity contribution in [2.45, 2.75) is 6.10 Å². The Kier molecular flexibility index (Phi) is 5.29. The fourth-order valence-electron chi connectivity index (χ4n) is 1.01. The molecule has 17 heavy (non-hydrogen) atoms. The lowest BCUT2D eigenvalue weighted by Gasteiger charge is -2.10. The van der Waals surface area contributed by atoms with E-state index in [2.05, 4.69) is 31.9 Å². The molecule has 8 heteroatoms. The lowest BCUT2D eigenvalue weighted by Crippen LogP contribution is -2.19. The van der Waals surface area contributed by atoms with Crippen molar-refractivity contribution in [3.63, 3.8) is 0 Å². The van der Waals surface area contributed by atoms with Gasteiger partial charge in [-0.1, -0.05) is 15.9 Å². The van der Waals surface area contributed by atoms with Crippen LogP contribution in [0.1, 0.15) is 0 Å². The topological polar surface area (TPSA) is 72.6 Å². The molecule has 1 atom stereocenters. The molecule has 0 saturated carbocycles. The van der Waals surface area contributed by atoms with Crippen molar-refractivity contribution >= 4 is 37.5 Å². The lowest BCUT2D eigenvalue weighted by molar-refractivity contribution is -0.386. The molecular formula is C9H8Br2FNO4. The molecule has 5 nitrogen and oxygen atoms in total. The van der Waals surface area contributed by atoms with Crippen LogP contribution < -0.4 is 4.74 Å². The van der Waals surface area contributed by atoms with Crippen LogP contribution in [0.4, 0.5) is 10.1 Å². The fraction of sp³-hybridized carbons (Fsp3) is 0.333. The lowest BCUT2D eigenvalue weighted by atomic mass is 10.3. The van der Waals surface area contributed by atoms with Gasteiger partial charge in [0.2, 0.25) is 0 Å². The molecule has 0 spiro atoms.